The second-order valence-electron chi connectivity index (χ2n) is 3.58. The molecule has 0 saturated carbocycles. The molecule has 1 heterocycles. The van der Waals surface area contributed by atoms with Crippen LogP contribution in [0.2, 0.25) is 0 Å². The summed E-state index contributed by atoms with van der Waals surface area (Å²) < 4.78 is 60.6. The van der Waals surface area contributed by atoms with Crippen LogP contribution < -0.4 is 0 Å². The van der Waals surface area contributed by atoms with Crippen LogP contribution in [-0.4, -0.2) is 4.98 Å². The van der Waals surface area contributed by atoms with Gasteiger partial charge in [-0.2, -0.15) is 0 Å². The molecule has 0 aromatic carbocycles. The normalized spacial score (nSPS) is 25.4. The lowest BCUT2D eigenvalue weighted by Crippen LogP contribution is -1.96. The van der Waals surface area contributed by atoms with Crippen molar-refractivity contribution in [1.29, 1.82) is 0 Å². The van der Waals surface area contributed by atoms with Crippen LogP contribution in [-0.2, 0) is 0 Å². The minimum absolute atomic E-state index is 0.0240. The molecule has 0 saturated heterocycles. The van der Waals surface area contributed by atoms with Crippen LogP contribution in [0.1, 0.15) is 47.5 Å². The number of nitrogens with zero attached hydrogens (tertiary/aromatic N) is 1. The highest BCUT2D eigenvalue weighted by Crippen LogP contribution is 2.25. The van der Waals surface area contributed by atoms with Crippen LogP contribution in [0.4, 0.5) is 0 Å². The van der Waals surface area contributed by atoms with E-state index in [1.165, 1.54) is 13.0 Å². The lowest BCUT2D eigenvalue weighted by molar-refractivity contribution is 0.966. The average molecular weight is 207 g/mol. The molecule has 0 atom stereocenters. The lowest BCUT2D eigenvalue weighted by Gasteiger charge is -2.12. The van der Waals surface area contributed by atoms with Crippen molar-refractivity contribution in [2.24, 2.45) is 0 Å². The van der Waals surface area contributed by atoms with Gasteiger partial charge in [-0.05, 0) is 56.2 Å². The van der Waals surface area contributed by atoms with E-state index in [-0.39, 0.29) is 29.0 Å². The van der Waals surface area contributed by atoms with E-state index >= 15 is 0 Å². The SMILES string of the molecule is [2H]c1nc(C2=CC=C(C([2H])([2H])[2H])CC2)c([2H])c(C)c1C([2H])([2H])[2H]. The zero-order valence-corrected chi connectivity index (χ0v) is 8.52. The number of pyridine rings is 1. The van der Waals surface area contributed by atoms with Crippen molar-refractivity contribution >= 4 is 5.57 Å². The monoisotopic (exact) mass is 207 g/mol. The molecule has 0 aliphatic heterocycles. The maximum atomic E-state index is 8.15. The highest BCUT2D eigenvalue weighted by atomic mass is 14.7. The number of aromatic nitrogens is 1. The van der Waals surface area contributed by atoms with Crippen molar-refractivity contribution in [3.8, 4) is 0 Å². The van der Waals surface area contributed by atoms with Crippen molar-refractivity contribution in [3.63, 3.8) is 0 Å². The van der Waals surface area contributed by atoms with Crippen molar-refractivity contribution in [3.05, 3.63) is 46.8 Å². The summed E-state index contributed by atoms with van der Waals surface area (Å²) in [6.45, 7) is -3.13. The Kier molecular flexibility index (Phi) is 1.14. The average Bonchev–Trinajstić information content (AvgIpc) is 2.40. The van der Waals surface area contributed by atoms with Gasteiger partial charge < -0.3 is 0 Å². The Morgan fingerprint density at radius 3 is 2.87 bits per heavy atom. The van der Waals surface area contributed by atoms with E-state index in [1.54, 1.807) is 6.08 Å². The summed E-state index contributed by atoms with van der Waals surface area (Å²) in [5.41, 5.74) is 1.25. The fourth-order valence-corrected chi connectivity index (χ4v) is 1.45. The fraction of sp³-hybridized carbons (Fsp3) is 0.357. The quantitative estimate of drug-likeness (QED) is 0.682. The van der Waals surface area contributed by atoms with Crippen LogP contribution in [0, 0.1) is 13.8 Å². The molecule has 2 rings (SSSR count). The molecule has 0 fully saturated rings. The second kappa shape index (κ2) is 4.01. The Hall–Kier alpha value is -1.37. The fourth-order valence-electron chi connectivity index (χ4n) is 1.45. The third kappa shape index (κ3) is 2.17. The predicted molar refractivity (Wildman–Crippen MR) is 64.7 cm³/mol. The minimum atomic E-state index is -2.49. The Morgan fingerprint density at radius 2 is 2.20 bits per heavy atom. The van der Waals surface area contributed by atoms with Gasteiger partial charge in [0.05, 0.1) is 8.44 Å². The van der Waals surface area contributed by atoms with Crippen LogP contribution in [0.5, 0.6) is 0 Å². The summed E-state index contributed by atoms with van der Waals surface area (Å²) in [6.07, 6.45) is 3.47. The van der Waals surface area contributed by atoms with Crippen LogP contribution >= 0.6 is 0 Å². The molecule has 1 aromatic rings. The molecule has 1 nitrogen and oxygen atoms in total. The highest BCUT2D eigenvalue weighted by molar-refractivity contribution is 5.66. The Morgan fingerprint density at radius 1 is 1.27 bits per heavy atom. The first-order valence-electron chi connectivity index (χ1n) is 8.82. The molecule has 1 heteroatoms. The molecule has 0 bridgehead atoms. The summed E-state index contributed by atoms with van der Waals surface area (Å²) in [6, 6.07) is -0.0240. The number of hydrogen-bond donors (Lipinski definition) is 0. The summed E-state index contributed by atoms with van der Waals surface area (Å²) in [4.78, 5) is 3.99. The van der Waals surface area contributed by atoms with Crippen molar-refractivity contribution < 1.29 is 11.0 Å². The first-order chi connectivity index (χ1) is 10.4. The summed E-state index contributed by atoms with van der Waals surface area (Å²) in [5, 5.41) is 0. The van der Waals surface area contributed by atoms with Gasteiger partial charge in [0.15, 0.2) is 0 Å². The van der Waals surface area contributed by atoms with Crippen LogP contribution in [0.25, 0.3) is 5.57 Å². The van der Waals surface area contributed by atoms with Crippen molar-refractivity contribution in [2.45, 2.75) is 33.5 Å². The Labute approximate surface area is 103 Å². The maximum absolute atomic E-state index is 8.15. The topological polar surface area (TPSA) is 12.9 Å². The summed E-state index contributed by atoms with van der Waals surface area (Å²) >= 11 is 0. The third-order valence-electron chi connectivity index (χ3n) is 2.41. The first kappa shape index (κ1) is 4.25. The molecule has 1 aliphatic carbocycles. The zero-order chi connectivity index (χ0) is 17.6. The largest absolute Gasteiger partial charge is 0.256 e. The number of hydrogen-bond acceptors (Lipinski definition) is 1. The molecule has 1 aliphatic rings. The molecule has 0 unspecified atom stereocenters. The first-order valence-corrected chi connectivity index (χ1v) is 4.82. The number of rotatable bonds is 1. The van der Waals surface area contributed by atoms with E-state index in [4.69, 9.17) is 11.0 Å². The standard InChI is InChI=1S/C14H17N/c1-10-4-6-13(7-5-10)14-8-11(2)12(3)9-15-14/h4,6,8-9H,5,7H2,1-3H3/i1D3,3D3,8D,9D. The van der Waals surface area contributed by atoms with Crippen LogP contribution in [0.3, 0.4) is 0 Å². The summed E-state index contributed by atoms with van der Waals surface area (Å²) in [7, 11) is 0. The second-order valence-corrected chi connectivity index (χ2v) is 3.58. The van der Waals surface area contributed by atoms with Crippen LogP contribution in [0.15, 0.2) is 29.9 Å². The number of allylic oxidation sites excluding steroid dienone is 4. The van der Waals surface area contributed by atoms with Gasteiger partial charge in [-0.15, -0.1) is 0 Å². The molecular formula is C14H17N. The predicted octanol–water partition coefficient (Wildman–Crippen LogP) is 3.82. The summed E-state index contributed by atoms with van der Waals surface area (Å²) in [5.74, 6) is 0. The van der Waals surface area contributed by atoms with Gasteiger partial charge in [-0.25, -0.2) is 0 Å². The van der Waals surface area contributed by atoms with Gasteiger partial charge in [-0.1, -0.05) is 17.7 Å². The molecule has 15 heavy (non-hydrogen) atoms. The molecule has 0 radical (unpaired) electrons. The molecule has 0 amide bonds. The minimum Gasteiger partial charge on any atom is -0.256 e. The van der Waals surface area contributed by atoms with E-state index in [0.717, 1.165) is 0 Å². The van der Waals surface area contributed by atoms with E-state index < -0.39 is 13.7 Å². The van der Waals surface area contributed by atoms with E-state index in [2.05, 4.69) is 4.98 Å². The van der Waals surface area contributed by atoms with E-state index in [0.29, 0.717) is 24.0 Å². The van der Waals surface area contributed by atoms with Gasteiger partial charge >= 0.3 is 0 Å². The molecule has 0 spiro atoms. The van der Waals surface area contributed by atoms with Gasteiger partial charge in [0, 0.05) is 14.4 Å². The van der Waals surface area contributed by atoms with Gasteiger partial charge in [0.1, 0.15) is 0 Å². The molecule has 1 aromatic heterocycles. The molecule has 78 valence electrons. The van der Waals surface area contributed by atoms with Crippen molar-refractivity contribution in [2.75, 3.05) is 0 Å². The lowest BCUT2D eigenvalue weighted by atomic mass is 9.96. The smallest absolute Gasteiger partial charge is 0.0843 e. The van der Waals surface area contributed by atoms with Crippen molar-refractivity contribution in [1.82, 2.24) is 4.98 Å². The zero-order valence-electron chi connectivity index (χ0n) is 16.5. The third-order valence-corrected chi connectivity index (χ3v) is 2.41. The van der Waals surface area contributed by atoms with E-state index in [9.17, 15) is 0 Å². The molecular weight excluding hydrogens is 182 g/mol. The van der Waals surface area contributed by atoms with Gasteiger partial charge in [0.25, 0.3) is 0 Å². The van der Waals surface area contributed by atoms with Gasteiger partial charge in [0.2, 0.25) is 0 Å². The Bertz CT molecular complexity index is 694. The molecule has 0 N–H and O–H groups in total. The Balaban J connectivity index is 2.52. The maximum Gasteiger partial charge on any atom is 0.0843 e. The highest BCUT2D eigenvalue weighted by Gasteiger charge is 2.07. The van der Waals surface area contributed by atoms with E-state index in [1.807, 2.05) is 0 Å². The van der Waals surface area contributed by atoms with Gasteiger partial charge in [-0.3, -0.25) is 4.98 Å².